The number of hydrogen-bond donors (Lipinski definition) is 2. The van der Waals surface area contributed by atoms with Gasteiger partial charge in [0.15, 0.2) is 17.4 Å². The molecule has 2 aromatic rings. The highest BCUT2D eigenvalue weighted by Gasteiger charge is 2.14. The van der Waals surface area contributed by atoms with E-state index in [-0.39, 0.29) is 0 Å². The molecule has 8 nitrogen and oxygen atoms in total. The monoisotopic (exact) mass is 346 g/mol. The van der Waals surface area contributed by atoms with Gasteiger partial charge in [-0.3, -0.25) is 9.39 Å². The number of fused-ring (bicyclic) bond motifs is 1. The smallest absolute Gasteiger partial charge is 0.191 e. The quantitative estimate of drug-likeness (QED) is 0.421. The predicted molar refractivity (Wildman–Crippen MR) is 95.6 cm³/mol. The van der Waals surface area contributed by atoms with Gasteiger partial charge in [0.2, 0.25) is 0 Å². The van der Waals surface area contributed by atoms with Gasteiger partial charge in [-0.1, -0.05) is 6.07 Å². The molecule has 1 atom stereocenters. The van der Waals surface area contributed by atoms with Gasteiger partial charge >= 0.3 is 0 Å². The van der Waals surface area contributed by atoms with Gasteiger partial charge < -0.3 is 20.1 Å². The van der Waals surface area contributed by atoms with Gasteiger partial charge in [0, 0.05) is 33.0 Å². The third-order valence-corrected chi connectivity index (χ3v) is 4.11. The van der Waals surface area contributed by atoms with Crippen molar-refractivity contribution in [2.24, 2.45) is 4.99 Å². The van der Waals surface area contributed by atoms with Gasteiger partial charge in [0.05, 0.1) is 19.3 Å². The summed E-state index contributed by atoms with van der Waals surface area (Å²) in [5.41, 5.74) is 0.839. The zero-order valence-corrected chi connectivity index (χ0v) is 14.6. The van der Waals surface area contributed by atoms with E-state index in [4.69, 9.17) is 9.47 Å². The summed E-state index contributed by atoms with van der Waals surface area (Å²) >= 11 is 0. The molecule has 2 aromatic heterocycles. The molecule has 1 aliphatic rings. The molecule has 1 aliphatic heterocycles. The zero-order valence-electron chi connectivity index (χ0n) is 14.6. The minimum absolute atomic E-state index is 0.292. The van der Waals surface area contributed by atoms with Gasteiger partial charge in [-0.05, 0) is 31.4 Å². The van der Waals surface area contributed by atoms with Crippen molar-refractivity contribution >= 4 is 11.6 Å². The minimum atomic E-state index is 0.292. The van der Waals surface area contributed by atoms with Crippen LogP contribution in [0.5, 0.6) is 0 Å². The third-order valence-electron chi connectivity index (χ3n) is 4.11. The van der Waals surface area contributed by atoms with Crippen molar-refractivity contribution in [2.75, 3.05) is 33.4 Å². The molecule has 2 N–H and O–H groups in total. The first-order valence-corrected chi connectivity index (χ1v) is 8.79. The number of pyridine rings is 1. The van der Waals surface area contributed by atoms with E-state index in [0.29, 0.717) is 19.3 Å². The topological polar surface area (TPSA) is 85.1 Å². The minimum Gasteiger partial charge on any atom is -0.379 e. The number of ether oxygens (including phenoxy) is 2. The predicted octanol–water partition coefficient (Wildman–Crippen LogP) is 0.980. The van der Waals surface area contributed by atoms with Crippen molar-refractivity contribution in [2.45, 2.75) is 31.9 Å². The van der Waals surface area contributed by atoms with Gasteiger partial charge in [-0.2, -0.15) is 0 Å². The number of nitrogens with one attached hydrogen (secondary N) is 2. The molecule has 0 bridgehead atoms. The lowest BCUT2D eigenvalue weighted by Crippen LogP contribution is -2.38. The van der Waals surface area contributed by atoms with Gasteiger partial charge in [0.25, 0.3) is 0 Å². The molecule has 0 aromatic carbocycles. The van der Waals surface area contributed by atoms with E-state index in [2.05, 4.69) is 25.8 Å². The fourth-order valence-corrected chi connectivity index (χ4v) is 2.77. The molecule has 136 valence electrons. The van der Waals surface area contributed by atoms with E-state index in [1.54, 1.807) is 7.05 Å². The largest absolute Gasteiger partial charge is 0.379 e. The van der Waals surface area contributed by atoms with Crippen LogP contribution in [0.3, 0.4) is 0 Å². The third kappa shape index (κ3) is 5.14. The van der Waals surface area contributed by atoms with Crippen molar-refractivity contribution in [1.29, 1.82) is 0 Å². The van der Waals surface area contributed by atoms with Crippen molar-refractivity contribution in [1.82, 2.24) is 25.2 Å². The second-order valence-electron chi connectivity index (χ2n) is 5.96. The van der Waals surface area contributed by atoms with Crippen LogP contribution in [0.15, 0.2) is 29.4 Å². The summed E-state index contributed by atoms with van der Waals surface area (Å²) in [6.07, 6.45) is 5.43. The number of guanidine groups is 1. The van der Waals surface area contributed by atoms with E-state index in [9.17, 15) is 0 Å². The maximum absolute atomic E-state index is 5.65. The van der Waals surface area contributed by atoms with E-state index in [1.807, 2.05) is 28.8 Å². The summed E-state index contributed by atoms with van der Waals surface area (Å²) < 4.78 is 13.1. The summed E-state index contributed by atoms with van der Waals surface area (Å²) in [5, 5.41) is 14.9. The van der Waals surface area contributed by atoms with Crippen LogP contribution in [0.1, 0.15) is 25.1 Å². The van der Waals surface area contributed by atoms with Crippen molar-refractivity contribution in [3.8, 4) is 0 Å². The summed E-state index contributed by atoms with van der Waals surface area (Å²) in [6.45, 7) is 3.65. The Morgan fingerprint density at radius 1 is 1.40 bits per heavy atom. The van der Waals surface area contributed by atoms with Crippen LogP contribution in [0.4, 0.5) is 0 Å². The molecule has 0 spiro atoms. The van der Waals surface area contributed by atoms with Gasteiger partial charge in [-0.25, -0.2) is 0 Å². The Balaban J connectivity index is 1.32. The number of nitrogens with zero attached hydrogens (tertiary/aromatic N) is 4. The highest BCUT2D eigenvalue weighted by atomic mass is 16.5. The number of aromatic nitrogens is 3. The lowest BCUT2D eigenvalue weighted by atomic mass is 10.2. The van der Waals surface area contributed by atoms with Crippen LogP contribution >= 0.6 is 0 Å². The van der Waals surface area contributed by atoms with Crippen LogP contribution in [0, 0.1) is 0 Å². The molecular weight excluding hydrogens is 320 g/mol. The molecule has 1 fully saturated rings. The fourth-order valence-electron chi connectivity index (χ4n) is 2.77. The molecular formula is C17H26N6O2. The van der Waals surface area contributed by atoms with Crippen molar-refractivity contribution < 1.29 is 9.47 Å². The molecule has 0 aliphatic carbocycles. The Morgan fingerprint density at radius 2 is 2.36 bits per heavy atom. The standard InChI is InChI=1S/C17H26N6O2/c1-18-17(19-8-5-10-24-13-14-6-4-11-25-14)20-12-16-22-21-15-7-2-3-9-23(15)16/h2-3,7,9,14H,4-6,8,10-13H2,1H3,(H2,18,19,20). The maximum Gasteiger partial charge on any atom is 0.191 e. The highest BCUT2D eigenvalue weighted by Crippen LogP contribution is 2.11. The molecule has 25 heavy (non-hydrogen) atoms. The number of rotatable bonds is 8. The molecule has 3 heterocycles. The van der Waals surface area contributed by atoms with E-state index < -0.39 is 0 Å². The van der Waals surface area contributed by atoms with Crippen molar-refractivity contribution in [3.05, 3.63) is 30.2 Å². The Kier molecular flexibility index (Phi) is 6.58. The second-order valence-corrected chi connectivity index (χ2v) is 5.96. The molecule has 0 saturated carbocycles. The van der Waals surface area contributed by atoms with Gasteiger partial charge in [0.1, 0.15) is 0 Å². The Bertz CT molecular complexity index is 681. The Morgan fingerprint density at radius 3 is 3.20 bits per heavy atom. The Labute approximate surface area is 147 Å². The van der Waals surface area contributed by atoms with Crippen LogP contribution in [0.2, 0.25) is 0 Å². The van der Waals surface area contributed by atoms with Crippen LogP contribution in [0.25, 0.3) is 5.65 Å². The van der Waals surface area contributed by atoms with Crippen LogP contribution < -0.4 is 10.6 Å². The first-order valence-electron chi connectivity index (χ1n) is 8.79. The first-order chi connectivity index (χ1) is 12.4. The molecule has 1 unspecified atom stereocenters. The first kappa shape index (κ1) is 17.6. The lowest BCUT2D eigenvalue weighted by molar-refractivity contribution is 0.0168. The summed E-state index contributed by atoms with van der Waals surface area (Å²) in [6, 6.07) is 5.84. The number of aliphatic imine (C=N–C) groups is 1. The molecule has 3 rings (SSSR count). The fraction of sp³-hybridized carbons (Fsp3) is 0.588. The average molecular weight is 346 g/mol. The second kappa shape index (κ2) is 9.33. The van der Waals surface area contributed by atoms with E-state index >= 15 is 0 Å². The molecule has 0 amide bonds. The van der Waals surface area contributed by atoms with Gasteiger partial charge in [-0.15, -0.1) is 10.2 Å². The zero-order chi connectivity index (χ0) is 17.3. The summed E-state index contributed by atoms with van der Waals surface area (Å²) in [7, 11) is 1.76. The summed E-state index contributed by atoms with van der Waals surface area (Å²) in [5.74, 6) is 1.59. The summed E-state index contributed by atoms with van der Waals surface area (Å²) in [4.78, 5) is 4.22. The maximum atomic E-state index is 5.65. The average Bonchev–Trinajstić information content (AvgIpc) is 3.30. The Hall–Kier alpha value is -2.19. The normalized spacial score (nSPS) is 18.0. The SMILES string of the molecule is CN=C(NCCCOCC1CCCO1)NCc1nnc2ccccn12. The van der Waals surface area contributed by atoms with Crippen molar-refractivity contribution in [3.63, 3.8) is 0 Å². The molecule has 1 saturated heterocycles. The van der Waals surface area contributed by atoms with E-state index in [0.717, 1.165) is 56.5 Å². The molecule has 0 radical (unpaired) electrons. The molecule has 8 heteroatoms. The number of hydrogen-bond acceptors (Lipinski definition) is 5. The lowest BCUT2D eigenvalue weighted by Gasteiger charge is -2.12. The van der Waals surface area contributed by atoms with Crippen LogP contribution in [-0.2, 0) is 16.0 Å². The van der Waals surface area contributed by atoms with Crippen LogP contribution in [-0.4, -0.2) is 60.1 Å². The highest BCUT2D eigenvalue weighted by molar-refractivity contribution is 5.79. The van der Waals surface area contributed by atoms with E-state index in [1.165, 1.54) is 0 Å².